The zero-order valence-electron chi connectivity index (χ0n) is 36.4. The molecule has 3 aromatic heterocycles. The van der Waals surface area contributed by atoms with Crippen LogP contribution < -0.4 is 9.80 Å². The van der Waals surface area contributed by atoms with Gasteiger partial charge in [-0.1, -0.05) is 121 Å². The highest BCUT2D eigenvalue weighted by Crippen LogP contribution is 2.51. The summed E-state index contributed by atoms with van der Waals surface area (Å²) in [7, 11) is 0. The molecule has 0 aliphatic carbocycles. The third kappa shape index (κ3) is 5.72. The van der Waals surface area contributed by atoms with Crippen LogP contribution in [-0.4, -0.2) is 0 Å². The smallest absolute Gasteiger partial charge is 0.159 e. The molecule has 0 atom stereocenters. The maximum Gasteiger partial charge on any atom is 0.159 e. The van der Waals surface area contributed by atoms with Gasteiger partial charge in [0.15, 0.2) is 11.2 Å². The van der Waals surface area contributed by atoms with E-state index in [1.807, 2.05) is 24.3 Å². The van der Waals surface area contributed by atoms with E-state index in [1.54, 1.807) is 0 Å². The molecule has 0 spiro atoms. The van der Waals surface area contributed by atoms with Gasteiger partial charge >= 0.3 is 0 Å². The second kappa shape index (κ2) is 14.1. The number of benzene rings is 10. The molecule has 310 valence electrons. The van der Waals surface area contributed by atoms with Gasteiger partial charge in [0.1, 0.15) is 22.3 Å². The van der Waals surface area contributed by atoms with Gasteiger partial charge in [0, 0.05) is 66.6 Å². The number of para-hydroxylation sites is 4. The first-order valence-electron chi connectivity index (χ1n) is 22.2. The molecule has 13 rings (SSSR count). The predicted molar refractivity (Wildman–Crippen MR) is 272 cm³/mol. The molecule has 10 aromatic carbocycles. The molecule has 0 fully saturated rings. The van der Waals surface area contributed by atoms with Crippen LogP contribution in [0.5, 0.6) is 0 Å². The number of fused-ring (bicyclic) bond motifs is 13. The second-order valence-electron chi connectivity index (χ2n) is 17.6. The maximum atomic E-state index is 7.26. The molecule has 0 unspecified atom stereocenters. The summed E-state index contributed by atoms with van der Waals surface area (Å²) < 4.78 is 20.8. The highest BCUT2D eigenvalue weighted by atomic mass is 16.3. The lowest BCUT2D eigenvalue weighted by Crippen LogP contribution is -2.11. The molecule has 0 aliphatic heterocycles. The monoisotopic (exact) mass is 838 g/mol. The van der Waals surface area contributed by atoms with Gasteiger partial charge in [-0.05, 0) is 109 Å². The first-order chi connectivity index (χ1) is 31.9. The average Bonchev–Trinajstić information content (AvgIpc) is 4.01. The van der Waals surface area contributed by atoms with E-state index in [2.05, 4.69) is 195 Å². The van der Waals surface area contributed by atoms with Crippen LogP contribution in [0.4, 0.5) is 34.1 Å². The van der Waals surface area contributed by atoms with Crippen LogP contribution in [0, 0.1) is 27.7 Å². The maximum absolute atomic E-state index is 7.26. The largest absolute Gasteiger partial charge is 0.456 e. The third-order valence-corrected chi connectivity index (χ3v) is 13.1. The summed E-state index contributed by atoms with van der Waals surface area (Å²) in [6.07, 6.45) is 0. The van der Waals surface area contributed by atoms with Crippen molar-refractivity contribution in [1.82, 2.24) is 0 Å². The quantitative estimate of drug-likeness (QED) is 0.167. The van der Waals surface area contributed by atoms with E-state index in [0.717, 1.165) is 121 Å². The zero-order chi connectivity index (χ0) is 43.5. The molecule has 0 saturated carbocycles. The molecule has 0 aliphatic rings. The minimum Gasteiger partial charge on any atom is -0.456 e. The van der Waals surface area contributed by atoms with Crippen LogP contribution >= 0.6 is 0 Å². The highest BCUT2D eigenvalue weighted by molar-refractivity contribution is 6.30. The van der Waals surface area contributed by atoms with Crippen molar-refractivity contribution >= 4 is 121 Å². The van der Waals surface area contributed by atoms with Crippen molar-refractivity contribution in [2.24, 2.45) is 0 Å². The predicted octanol–water partition coefficient (Wildman–Crippen LogP) is 17.9. The van der Waals surface area contributed by atoms with Gasteiger partial charge in [0.05, 0.1) is 22.7 Å². The average molecular weight is 839 g/mol. The Hall–Kier alpha value is -8.28. The summed E-state index contributed by atoms with van der Waals surface area (Å²) in [5, 5.41) is 11.0. The molecular weight excluding hydrogens is 797 g/mol. The van der Waals surface area contributed by atoms with Crippen molar-refractivity contribution in [1.29, 1.82) is 0 Å². The Morgan fingerprint density at radius 3 is 1.05 bits per heavy atom. The summed E-state index contributed by atoms with van der Waals surface area (Å²) in [4.78, 5) is 4.72. The standard InChI is InChI=1S/C60H42N2O3/c1-35-27-36(2)30-39(29-35)61(49-23-13-21-47-43-17-9-11-25-53(43)64-59(47)49)51-33-55-57(45-19-7-5-15-41(45)51)58-46-20-8-6-16-42(46)52(34-56(58)63-55)62(40-31-37(3)28-38(4)32-40)50-24-14-22-48-44-18-10-12-26-54(44)65-60(48)50/h5-34H,1-4H3. The van der Waals surface area contributed by atoms with E-state index in [0.29, 0.717) is 0 Å². The van der Waals surface area contributed by atoms with Crippen molar-refractivity contribution in [3.05, 3.63) is 204 Å². The highest BCUT2D eigenvalue weighted by Gasteiger charge is 2.27. The number of rotatable bonds is 6. The second-order valence-corrected chi connectivity index (χ2v) is 17.6. The number of hydrogen-bond acceptors (Lipinski definition) is 5. The van der Waals surface area contributed by atoms with Crippen LogP contribution in [0.25, 0.3) is 87.4 Å². The van der Waals surface area contributed by atoms with E-state index in [-0.39, 0.29) is 0 Å². The van der Waals surface area contributed by atoms with Gasteiger partial charge in [-0.25, -0.2) is 0 Å². The van der Waals surface area contributed by atoms with Crippen LogP contribution in [0.1, 0.15) is 22.3 Å². The van der Waals surface area contributed by atoms with Gasteiger partial charge in [0.25, 0.3) is 0 Å². The van der Waals surface area contributed by atoms with E-state index in [9.17, 15) is 0 Å². The summed E-state index contributed by atoms with van der Waals surface area (Å²) in [6, 6.07) is 65.0. The Kier molecular flexibility index (Phi) is 8.10. The topological polar surface area (TPSA) is 45.9 Å². The number of hydrogen-bond donors (Lipinski definition) is 0. The van der Waals surface area contributed by atoms with Gasteiger partial charge in [0.2, 0.25) is 0 Å². The molecule has 0 radical (unpaired) electrons. The number of anilines is 6. The van der Waals surface area contributed by atoms with Crippen LogP contribution in [0.3, 0.4) is 0 Å². The number of nitrogens with zero attached hydrogens (tertiary/aromatic N) is 2. The minimum absolute atomic E-state index is 0.805. The summed E-state index contributed by atoms with van der Waals surface area (Å²) in [5.74, 6) is 0. The first-order valence-corrected chi connectivity index (χ1v) is 22.2. The Balaban J connectivity index is 1.12. The molecular formula is C60H42N2O3. The van der Waals surface area contributed by atoms with Crippen LogP contribution in [0.2, 0.25) is 0 Å². The van der Waals surface area contributed by atoms with Gasteiger partial charge in [-0.2, -0.15) is 0 Å². The van der Waals surface area contributed by atoms with Crippen molar-refractivity contribution in [2.75, 3.05) is 9.80 Å². The normalized spacial score (nSPS) is 12.0. The molecule has 3 heterocycles. The lowest BCUT2D eigenvalue weighted by atomic mass is 9.96. The molecule has 0 N–H and O–H groups in total. The Morgan fingerprint density at radius 1 is 0.277 bits per heavy atom. The zero-order valence-corrected chi connectivity index (χ0v) is 36.4. The fourth-order valence-corrected chi connectivity index (χ4v) is 10.6. The van der Waals surface area contributed by atoms with Crippen molar-refractivity contribution in [3.8, 4) is 0 Å². The lowest BCUT2D eigenvalue weighted by Gasteiger charge is -2.28. The minimum atomic E-state index is 0.805. The van der Waals surface area contributed by atoms with Crippen molar-refractivity contribution in [2.45, 2.75) is 27.7 Å². The molecule has 65 heavy (non-hydrogen) atoms. The van der Waals surface area contributed by atoms with Crippen LogP contribution in [0.15, 0.2) is 195 Å². The van der Waals surface area contributed by atoms with Crippen LogP contribution in [-0.2, 0) is 0 Å². The summed E-state index contributed by atoms with van der Waals surface area (Å²) >= 11 is 0. The Morgan fingerprint density at radius 2 is 0.631 bits per heavy atom. The van der Waals surface area contributed by atoms with E-state index >= 15 is 0 Å². The lowest BCUT2D eigenvalue weighted by molar-refractivity contribution is 0.667. The molecule has 0 bridgehead atoms. The van der Waals surface area contributed by atoms with E-state index in [1.165, 1.54) is 22.3 Å². The molecule has 5 nitrogen and oxygen atoms in total. The molecule has 13 aromatic rings. The SMILES string of the molecule is Cc1cc(C)cc(N(c2cc3oc4cc(N(c5cc(C)cc(C)c5)c5cccc6c5oc5ccccc56)c5ccccc5c4c3c3ccccc23)c2cccc3c2oc2ccccc23)c1. The summed E-state index contributed by atoms with van der Waals surface area (Å²) in [5.41, 5.74) is 15.8. The fourth-order valence-electron chi connectivity index (χ4n) is 10.6. The van der Waals surface area contributed by atoms with Crippen molar-refractivity contribution < 1.29 is 13.3 Å². The molecule has 5 heteroatoms. The van der Waals surface area contributed by atoms with E-state index in [4.69, 9.17) is 13.3 Å². The number of furan rings is 3. The number of aryl methyl sites for hydroxylation is 4. The molecule has 0 saturated heterocycles. The fraction of sp³-hybridized carbons (Fsp3) is 0.0667. The van der Waals surface area contributed by atoms with Gasteiger partial charge < -0.3 is 23.1 Å². The Labute approximate surface area is 374 Å². The Bertz CT molecular complexity index is 3790. The molecule has 0 amide bonds. The van der Waals surface area contributed by atoms with Crippen molar-refractivity contribution in [3.63, 3.8) is 0 Å². The van der Waals surface area contributed by atoms with Gasteiger partial charge in [-0.15, -0.1) is 0 Å². The third-order valence-electron chi connectivity index (χ3n) is 13.1. The first kappa shape index (κ1) is 37.3. The summed E-state index contributed by atoms with van der Waals surface area (Å²) in [6.45, 7) is 8.65. The van der Waals surface area contributed by atoms with E-state index < -0.39 is 0 Å². The van der Waals surface area contributed by atoms with Gasteiger partial charge in [-0.3, -0.25) is 0 Å².